The fourth-order valence-corrected chi connectivity index (χ4v) is 5.34. The van der Waals surface area contributed by atoms with Gasteiger partial charge < -0.3 is 15.0 Å². The van der Waals surface area contributed by atoms with Crippen LogP contribution >= 0.6 is 35.3 Å². The van der Waals surface area contributed by atoms with Crippen LogP contribution in [0.1, 0.15) is 4.88 Å². The number of benzene rings is 1. The second-order valence-corrected chi connectivity index (χ2v) is 9.28. The van der Waals surface area contributed by atoms with Gasteiger partial charge in [-0.15, -0.1) is 11.3 Å². The number of hydrogen-bond donors (Lipinski definition) is 1. The Bertz CT molecular complexity index is 1150. The van der Waals surface area contributed by atoms with Crippen LogP contribution in [-0.2, 0) is 9.53 Å². The number of hydrogen-bond acceptors (Lipinski definition) is 8. The lowest BCUT2D eigenvalue weighted by molar-refractivity contribution is -0.115. The molecule has 3 aromatic rings. The lowest BCUT2D eigenvalue weighted by atomic mass is 10.1. The molecule has 2 saturated heterocycles. The van der Waals surface area contributed by atoms with Crippen LogP contribution in [0.4, 0.5) is 5.82 Å². The maximum atomic E-state index is 11.9. The van der Waals surface area contributed by atoms with E-state index in [1.807, 2.05) is 12.1 Å². The number of ether oxygens (including phenoxy) is 1. The molecule has 1 N–H and O–H groups in total. The van der Waals surface area contributed by atoms with Crippen LogP contribution in [0, 0.1) is 0 Å². The Labute approximate surface area is 181 Å². The molecule has 146 valence electrons. The van der Waals surface area contributed by atoms with E-state index >= 15 is 0 Å². The Morgan fingerprint density at radius 2 is 2.03 bits per heavy atom. The Morgan fingerprint density at radius 3 is 2.83 bits per heavy atom. The molecular weight excluding hydrogens is 424 g/mol. The molecule has 2 aliphatic heterocycles. The number of thiophene rings is 1. The average molecular weight is 441 g/mol. The molecule has 2 aliphatic rings. The summed E-state index contributed by atoms with van der Waals surface area (Å²) >= 11 is 7.95. The molecule has 1 aromatic carbocycles. The molecule has 0 aliphatic carbocycles. The summed E-state index contributed by atoms with van der Waals surface area (Å²) in [5.74, 6) is 0.818. The molecule has 29 heavy (non-hydrogen) atoms. The number of anilines is 1. The number of nitrogens with one attached hydrogen (secondary N) is 1. The van der Waals surface area contributed by atoms with Gasteiger partial charge in [-0.05, 0) is 40.8 Å². The number of thiocarbonyl (C=S) groups is 1. The first-order valence-electron chi connectivity index (χ1n) is 9.08. The standard InChI is InChI=1S/C20H16N4O2S3/c25-19-17(29-20(27)23-19)9-14-7-13(10-28-14)12-1-2-16-15(8-12)18(22-11-21-16)24-3-5-26-6-4-24/h1-2,7-11H,3-6H2,(H,23,25,27). The zero-order valence-electron chi connectivity index (χ0n) is 15.3. The second-order valence-electron chi connectivity index (χ2n) is 6.62. The van der Waals surface area contributed by atoms with Crippen LogP contribution in [0.15, 0.2) is 40.9 Å². The van der Waals surface area contributed by atoms with E-state index in [1.54, 1.807) is 17.7 Å². The van der Waals surface area contributed by atoms with Gasteiger partial charge in [0.05, 0.1) is 23.6 Å². The third-order valence-corrected chi connectivity index (χ3v) is 6.84. The number of carbonyl (C=O) groups is 1. The van der Waals surface area contributed by atoms with Gasteiger partial charge in [-0.1, -0.05) is 30.0 Å². The highest BCUT2D eigenvalue weighted by atomic mass is 32.2. The number of carbonyl (C=O) groups excluding carboxylic acids is 1. The zero-order chi connectivity index (χ0) is 19.8. The molecule has 1 amide bonds. The zero-order valence-corrected chi connectivity index (χ0v) is 17.7. The number of nitrogens with zero attached hydrogens (tertiary/aromatic N) is 3. The molecular formula is C20H16N4O2S3. The van der Waals surface area contributed by atoms with Crippen LogP contribution in [0.25, 0.3) is 28.1 Å². The van der Waals surface area contributed by atoms with Crippen LogP contribution in [0.3, 0.4) is 0 Å². The highest BCUT2D eigenvalue weighted by molar-refractivity contribution is 8.26. The van der Waals surface area contributed by atoms with E-state index in [0.717, 1.165) is 45.8 Å². The van der Waals surface area contributed by atoms with E-state index in [-0.39, 0.29) is 5.91 Å². The van der Waals surface area contributed by atoms with E-state index in [9.17, 15) is 4.79 Å². The van der Waals surface area contributed by atoms with Gasteiger partial charge in [-0.2, -0.15) is 0 Å². The number of thioether (sulfide) groups is 1. The fraction of sp³-hybridized carbons (Fsp3) is 0.200. The molecule has 9 heteroatoms. The summed E-state index contributed by atoms with van der Waals surface area (Å²) < 4.78 is 5.97. The molecule has 0 atom stereocenters. The summed E-state index contributed by atoms with van der Waals surface area (Å²) in [6, 6.07) is 8.34. The van der Waals surface area contributed by atoms with Crippen molar-refractivity contribution < 1.29 is 9.53 Å². The van der Waals surface area contributed by atoms with Crippen molar-refractivity contribution in [1.82, 2.24) is 15.3 Å². The van der Waals surface area contributed by atoms with Gasteiger partial charge in [0.25, 0.3) is 5.91 Å². The minimum atomic E-state index is -0.132. The Hall–Kier alpha value is -2.33. The first-order chi connectivity index (χ1) is 14.2. The Kier molecular flexibility index (Phi) is 5.04. The summed E-state index contributed by atoms with van der Waals surface area (Å²) in [6.07, 6.45) is 3.51. The Morgan fingerprint density at radius 1 is 1.17 bits per heavy atom. The predicted molar refractivity (Wildman–Crippen MR) is 122 cm³/mol. The monoisotopic (exact) mass is 440 g/mol. The van der Waals surface area contributed by atoms with Crippen molar-refractivity contribution in [3.05, 3.63) is 45.8 Å². The van der Waals surface area contributed by atoms with Crippen molar-refractivity contribution in [2.45, 2.75) is 0 Å². The maximum Gasteiger partial charge on any atom is 0.263 e. The van der Waals surface area contributed by atoms with Crippen molar-refractivity contribution in [2.24, 2.45) is 0 Å². The molecule has 0 radical (unpaired) electrons. The quantitative estimate of drug-likeness (QED) is 0.492. The molecule has 0 bridgehead atoms. The minimum Gasteiger partial charge on any atom is -0.378 e. The van der Waals surface area contributed by atoms with E-state index in [4.69, 9.17) is 17.0 Å². The van der Waals surface area contributed by atoms with Gasteiger partial charge in [0, 0.05) is 23.4 Å². The van der Waals surface area contributed by atoms with E-state index in [1.165, 1.54) is 11.8 Å². The second kappa shape index (κ2) is 7.83. The molecule has 2 fully saturated rings. The van der Waals surface area contributed by atoms with Crippen molar-refractivity contribution in [3.63, 3.8) is 0 Å². The molecule has 4 heterocycles. The summed E-state index contributed by atoms with van der Waals surface area (Å²) in [4.78, 5) is 24.8. The van der Waals surface area contributed by atoms with Gasteiger partial charge in [0.1, 0.15) is 16.5 Å². The number of aromatic nitrogens is 2. The van der Waals surface area contributed by atoms with Crippen LogP contribution in [0.5, 0.6) is 0 Å². The van der Waals surface area contributed by atoms with Gasteiger partial charge in [0.2, 0.25) is 0 Å². The van der Waals surface area contributed by atoms with Crippen LogP contribution in [0.2, 0.25) is 0 Å². The normalized spacial score (nSPS) is 18.6. The topological polar surface area (TPSA) is 67.4 Å². The van der Waals surface area contributed by atoms with Crippen LogP contribution < -0.4 is 10.2 Å². The highest BCUT2D eigenvalue weighted by Crippen LogP contribution is 2.33. The van der Waals surface area contributed by atoms with Gasteiger partial charge in [-0.3, -0.25) is 4.79 Å². The molecule has 6 nitrogen and oxygen atoms in total. The summed E-state index contributed by atoms with van der Waals surface area (Å²) in [6.45, 7) is 3.08. The number of fused-ring (bicyclic) bond motifs is 1. The predicted octanol–water partition coefficient (Wildman–Crippen LogP) is 3.68. The maximum absolute atomic E-state index is 11.9. The van der Waals surface area contributed by atoms with Gasteiger partial charge in [0.15, 0.2) is 0 Å². The average Bonchev–Trinajstić information content (AvgIpc) is 3.34. The number of rotatable bonds is 3. The fourth-order valence-electron chi connectivity index (χ4n) is 3.38. The summed E-state index contributed by atoms with van der Waals surface area (Å²) in [7, 11) is 0. The lowest BCUT2D eigenvalue weighted by Gasteiger charge is -2.28. The van der Waals surface area contributed by atoms with E-state index in [0.29, 0.717) is 22.4 Å². The van der Waals surface area contributed by atoms with Crippen molar-refractivity contribution in [3.8, 4) is 11.1 Å². The van der Waals surface area contributed by atoms with Crippen molar-refractivity contribution in [1.29, 1.82) is 0 Å². The third-order valence-electron chi connectivity index (χ3n) is 4.79. The van der Waals surface area contributed by atoms with Crippen molar-refractivity contribution >= 4 is 68.3 Å². The molecule has 0 saturated carbocycles. The van der Waals surface area contributed by atoms with Gasteiger partial charge >= 0.3 is 0 Å². The summed E-state index contributed by atoms with van der Waals surface area (Å²) in [5, 5.41) is 5.78. The minimum absolute atomic E-state index is 0.132. The largest absolute Gasteiger partial charge is 0.378 e. The third kappa shape index (κ3) is 3.78. The number of morpholine rings is 1. The number of amides is 1. The SMILES string of the molecule is O=C1NC(=S)SC1=Cc1cc(-c2ccc3ncnc(N4CCOCC4)c3c2)cs1. The smallest absolute Gasteiger partial charge is 0.263 e. The molecule has 0 spiro atoms. The Balaban J connectivity index is 1.49. The molecule has 0 unspecified atom stereocenters. The van der Waals surface area contributed by atoms with Crippen LogP contribution in [-0.4, -0.2) is 46.5 Å². The first kappa shape index (κ1) is 18.7. The summed E-state index contributed by atoms with van der Waals surface area (Å²) in [5.41, 5.74) is 3.13. The molecule has 2 aromatic heterocycles. The van der Waals surface area contributed by atoms with E-state index in [2.05, 4.69) is 43.8 Å². The van der Waals surface area contributed by atoms with Gasteiger partial charge in [-0.25, -0.2) is 9.97 Å². The first-order valence-corrected chi connectivity index (χ1v) is 11.2. The van der Waals surface area contributed by atoms with Crippen molar-refractivity contribution in [2.75, 3.05) is 31.2 Å². The molecule has 5 rings (SSSR count). The highest BCUT2D eigenvalue weighted by Gasteiger charge is 2.22. The lowest BCUT2D eigenvalue weighted by Crippen LogP contribution is -2.36. The van der Waals surface area contributed by atoms with E-state index < -0.39 is 0 Å².